The number of aromatic hydroxyl groups is 1. The SMILES string of the molecule is COCCOc1ccc2c(Nc3ccc(C)c(O)c3)ncnc2c1.Cl. The highest BCUT2D eigenvalue weighted by molar-refractivity contribution is 5.91. The molecule has 2 aromatic carbocycles. The molecule has 25 heavy (non-hydrogen) atoms. The second kappa shape index (κ2) is 8.50. The number of hydrogen-bond acceptors (Lipinski definition) is 6. The van der Waals surface area contributed by atoms with Crippen molar-refractivity contribution in [1.82, 2.24) is 9.97 Å². The van der Waals surface area contributed by atoms with Crippen LogP contribution < -0.4 is 10.1 Å². The minimum Gasteiger partial charge on any atom is -0.508 e. The molecule has 0 atom stereocenters. The van der Waals surface area contributed by atoms with Gasteiger partial charge in [-0.1, -0.05) is 6.07 Å². The number of hydrogen-bond donors (Lipinski definition) is 2. The van der Waals surface area contributed by atoms with E-state index in [4.69, 9.17) is 9.47 Å². The Bertz CT molecular complexity index is 858. The molecule has 0 bridgehead atoms. The van der Waals surface area contributed by atoms with Crippen LogP contribution in [0.1, 0.15) is 5.56 Å². The molecule has 2 N–H and O–H groups in total. The topological polar surface area (TPSA) is 76.5 Å². The molecule has 1 heterocycles. The lowest BCUT2D eigenvalue weighted by atomic mass is 10.2. The largest absolute Gasteiger partial charge is 0.508 e. The molecule has 0 saturated heterocycles. The Morgan fingerprint density at radius 1 is 1.08 bits per heavy atom. The molecule has 0 amide bonds. The van der Waals surface area contributed by atoms with Crippen molar-refractivity contribution in [2.24, 2.45) is 0 Å². The summed E-state index contributed by atoms with van der Waals surface area (Å²) in [7, 11) is 1.64. The highest BCUT2D eigenvalue weighted by Crippen LogP contribution is 2.28. The van der Waals surface area contributed by atoms with Gasteiger partial charge in [-0.05, 0) is 30.7 Å². The summed E-state index contributed by atoms with van der Waals surface area (Å²) in [6.07, 6.45) is 1.50. The summed E-state index contributed by atoms with van der Waals surface area (Å²) in [5.41, 5.74) is 2.36. The van der Waals surface area contributed by atoms with Crippen LogP contribution in [-0.4, -0.2) is 35.4 Å². The van der Waals surface area contributed by atoms with Gasteiger partial charge in [0.05, 0.1) is 12.1 Å². The Hall–Kier alpha value is -2.57. The number of halogens is 1. The van der Waals surface area contributed by atoms with Crippen LogP contribution in [0.15, 0.2) is 42.7 Å². The van der Waals surface area contributed by atoms with E-state index in [0.717, 1.165) is 27.9 Å². The molecule has 0 aliphatic rings. The van der Waals surface area contributed by atoms with Crippen LogP contribution in [0.4, 0.5) is 11.5 Å². The lowest BCUT2D eigenvalue weighted by molar-refractivity contribution is 0.146. The van der Waals surface area contributed by atoms with Crippen molar-refractivity contribution in [2.75, 3.05) is 25.6 Å². The van der Waals surface area contributed by atoms with E-state index in [-0.39, 0.29) is 18.2 Å². The van der Waals surface area contributed by atoms with E-state index in [1.54, 1.807) is 13.2 Å². The summed E-state index contributed by atoms with van der Waals surface area (Å²) < 4.78 is 10.6. The van der Waals surface area contributed by atoms with Gasteiger partial charge >= 0.3 is 0 Å². The second-order valence-corrected chi connectivity index (χ2v) is 5.37. The summed E-state index contributed by atoms with van der Waals surface area (Å²) in [6, 6.07) is 11.1. The first-order chi connectivity index (χ1) is 11.7. The van der Waals surface area contributed by atoms with E-state index in [9.17, 15) is 5.11 Å². The minimum absolute atomic E-state index is 0. The van der Waals surface area contributed by atoms with Crippen molar-refractivity contribution in [3.63, 3.8) is 0 Å². The molecule has 0 spiro atoms. The lowest BCUT2D eigenvalue weighted by Gasteiger charge is -2.11. The summed E-state index contributed by atoms with van der Waals surface area (Å²) in [4.78, 5) is 8.59. The highest BCUT2D eigenvalue weighted by atomic mass is 35.5. The number of anilines is 2. The fourth-order valence-corrected chi connectivity index (χ4v) is 2.29. The van der Waals surface area contributed by atoms with Gasteiger partial charge in [-0.25, -0.2) is 9.97 Å². The maximum absolute atomic E-state index is 9.83. The number of aryl methyl sites for hydroxylation is 1. The molecule has 0 radical (unpaired) electrons. The molecule has 0 aliphatic carbocycles. The number of fused-ring (bicyclic) bond motifs is 1. The number of rotatable bonds is 6. The van der Waals surface area contributed by atoms with E-state index in [0.29, 0.717) is 19.0 Å². The fourth-order valence-electron chi connectivity index (χ4n) is 2.29. The summed E-state index contributed by atoms with van der Waals surface area (Å²) in [5, 5.41) is 13.9. The normalized spacial score (nSPS) is 10.3. The third kappa shape index (κ3) is 4.49. The average molecular weight is 362 g/mol. The van der Waals surface area contributed by atoms with Crippen molar-refractivity contribution in [2.45, 2.75) is 6.92 Å². The monoisotopic (exact) mass is 361 g/mol. The van der Waals surface area contributed by atoms with Gasteiger partial charge in [0.2, 0.25) is 0 Å². The number of nitrogens with zero attached hydrogens (tertiary/aromatic N) is 2. The predicted molar refractivity (Wildman–Crippen MR) is 100 cm³/mol. The molecule has 3 rings (SSSR count). The van der Waals surface area contributed by atoms with Crippen LogP contribution in [-0.2, 0) is 4.74 Å². The molecule has 0 unspecified atom stereocenters. The molecular formula is C18H20ClN3O3. The maximum atomic E-state index is 9.83. The van der Waals surface area contributed by atoms with Crippen LogP contribution in [0, 0.1) is 6.92 Å². The van der Waals surface area contributed by atoms with Gasteiger partial charge in [-0.3, -0.25) is 0 Å². The van der Waals surface area contributed by atoms with Crippen molar-refractivity contribution in [3.05, 3.63) is 48.3 Å². The van der Waals surface area contributed by atoms with Gasteiger partial charge in [0.25, 0.3) is 0 Å². The van der Waals surface area contributed by atoms with Gasteiger partial charge in [0.15, 0.2) is 0 Å². The van der Waals surface area contributed by atoms with Crippen LogP contribution in [0.5, 0.6) is 11.5 Å². The van der Waals surface area contributed by atoms with E-state index in [1.165, 1.54) is 6.33 Å². The third-order valence-corrected chi connectivity index (χ3v) is 3.64. The third-order valence-electron chi connectivity index (χ3n) is 3.64. The average Bonchev–Trinajstić information content (AvgIpc) is 2.58. The van der Waals surface area contributed by atoms with Crippen molar-refractivity contribution >= 4 is 34.8 Å². The smallest absolute Gasteiger partial charge is 0.141 e. The summed E-state index contributed by atoms with van der Waals surface area (Å²) >= 11 is 0. The maximum Gasteiger partial charge on any atom is 0.141 e. The number of phenols is 1. The van der Waals surface area contributed by atoms with E-state index >= 15 is 0 Å². The van der Waals surface area contributed by atoms with Crippen LogP contribution >= 0.6 is 12.4 Å². The number of phenolic OH excluding ortho intramolecular Hbond substituents is 1. The number of methoxy groups -OCH3 is 1. The van der Waals surface area contributed by atoms with Crippen LogP contribution in [0.2, 0.25) is 0 Å². The van der Waals surface area contributed by atoms with Gasteiger partial charge in [-0.2, -0.15) is 0 Å². The van der Waals surface area contributed by atoms with Gasteiger partial charge in [0.1, 0.15) is 30.3 Å². The first-order valence-corrected chi connectivity index (χ1v) is 7.60. The van der Waals surface area contributed by atoms with E-state index in [1.807, 2.05) is 37.3 Å². The predicted octanol–water partition coefficient (Wildman–Crippen LogP) is 3.83. The Kier molecular flexibility index (Phi) is 6.38. The minimum atomic E-state index is 0. The molecule has 1 aromatic heterocycles. The first-order valence-electron chi connectivity index (χ1n) is 7.60. The highest BCUT2D eigenvalue weighted by Gasteiger charge is 2.07. The molecule has 0 aliphatic heterocycles. The molecule has 3 aromatic rings. The van der Waals surface area contributed by atoms with Gasteiger partial charge < -0.3 is 19.9 Å². The molecule has 7 heteroatoms. The number of nitrogens with one attached hydrogen (secondary N) is 1. The van der Waals surface area contributed by atoms with Crippen molar-refractivity contribution < 1.29 is 14.6 Å². The first kappa shape index (κ1) is 18.8. The zero-order valence-electron chi connectivity index (χ0n) is 14.0. The van der Waals surface area contributed by atoms with Crippen molar-refractivity contribution in [1.29, 1.82) is 0 Å². The van der Waals surface area contributed by atoms with Crippen LogP contribution in [0.25, 0.3) is 10.9 Å². The molecule has 0 saturated carbocycles. The Labute approximate surface area is 152 Å². The quantitative estimate of drug-likeness (QED) is 0.650. The van der Waals surface area contributed by atoms with Crippen LogP contribution in [0.3, 0.4) is 0 Å². The lowest BCUT2D eigenvalue weighted by Crippen LogP contribution is -2.04. The van der Waals surface area contributed by atoms with Gasteiger partial charge in [0, 0.05) is 30.3 Å². The van der Waals surface area contributed by atoms with Gasteiger partial charge in [-0.15, -0.1) is 12.4 Å². The van der Waals surface area contributed by atoms with E-state index in [2.05, 4.69) is 15.3 Å². The molecular weight excluding hydrogens is 342 g/mol. The van der Waals surface area contributed by atoms with E-state index < -0.39 is 0 Å². The molecule has 0 fully saturated rings. The summed E-state index contributed by atoms with van der Waals surface area (Å²) in [5.74, 6) is 1.65. The van der Waals surface area contributed by atoms with Crippen molar-refractivity contribution in [3.8, 4) is 11.5 Å². The number of benzene rings is 2. The molecule has 6 nitrogen and oxygen atoms in total. The zero-order valence-corrected chi connectivity index (χ0v) is 14.8. The Morgan fingerprint density at radius 2 is 1.92 bits per heavy atom. The zero-order chi connectivity index (χ0) is 16.9. The summed E-state index contributed by atoms with van der Waals surface area (Å²) in [6.45, 7) is 2.87. The number of aromatic nitrogens is 2. The standard InChI is InChI=1S/C18H19N3O3.ClH/c1-12-3-4-13(9-17(12)22)21-18-15-6-5-14(24-8-7-23-2)10-16(15)19-11-20-18;/h3-6,9-11,22H,7-8H2,1-2H3,(H,19,20,21);1H. The molecule has 132 valence electrons. The fraction of sp³-hybridized carbons (Fsp3) is 0.222. The number of ether oxygens (including phenoxy) is 2. The Morgan fingerprint density at radius 3 is 2.68 bits per heavy atom. The Balaban J connectivity index is 0.00000225. The second-order valence-electron chi connectivity index (χ2n) is 5.37.